The highest BCUT2D eigenvalue weighted by molar-refractivity contribution is 7.86. The van der Waals surface area contributed by atoms with Crippen LogP contribution in [0.2, 0.25) is 0 Å². The molecular weight excluding hydrogens is 208 g/mol. The molecule has 2 N–H and O–H groups in total. The summed E-state index contributed by atoms with van der Waals surface area (Å²) in [7, 11) is -1.26. The zero-order chi connectivity index (χ0) is 11.4. The van der Waals surface area contributed by atoms with Gasteiger partial charge in [-0.2, -0.15) is 5.26 Å². The molecule has 1 rings (SSSR count). The molecule has 0 radical (unpaired) electrons. The van der Waals surface area contributed by atoms with E-state index in [2.05, 4.69) is 6.07 Å². The first-order valence-electron chi connectivity index (χ1n) is 4.76. The zero-order valence-corrected chi connectivity index (χ0v) is 9.67. The van der Waals surface area contributed by atoms with E-state index in [4.69, 9.17) is 11.0 Å². The minimum Gasteiger partial charge on any atom is -0.399 e. The second-order valence-corrected chi connectivity index (χ2v) is 4.95. The van der Waals surface area contributed by atoms with E-state index in [1.165, 1.54) is 0 Å². The molecule has 2 unspecified atom stereocenters. The van der Waals surface area contributed by atoms with E-state index in [9.17, 15) is 4.21 Å². The van der Waals surface area contributed by atoms with Crippen molar-refractivity contribution in [2.45, 2.75) is 30.4 Å². The largest absolute Gasteiger partial charge is 0.399 e. The SMILES string of the molecule is CCC(C#N)S(=O)c1ccc(N)cc1C. The molecule has 0 fully saturated rings. The fourth-order valence-electron chi connectivity index (χ4n) is 1.34. The van der Waals surface area contributed by atoms with E-state index in [-0.39, 0.29) is 0 Å². The number of benzene rings is 1. The minimum atomic E-state index is -1.26. The van der Waals surface area contributed by atoms with Crippen LogP contribution in [0, 0.1) is 18.3 Å². The third kappa shape index (κ3) is 2.57. The topological polar surface area (TPSA) is 66.9 Å². The van der Waals surface area contributed by atoms with E-state index in [1.807, 2.05) is 13.8 Å². The van der Waals surface area contributed by atoms with E-state index in [1.54, 1.807) is 18.2 Å². The number of hydrogen-bond acceptors (Lipinski definition) is 3. The highest BCUT2D eigenvalue weighted by atomic mass is 32.2. The maximum Gasteiger partial charge on any atom is 0.126 e. The van der Waals surface area contributed by atoms with Crippen LogP contribution in [-0.2, 0) is 10.8 Å². The maximum atomic E-state index is 12.0. The van der Waals surface area contributed by atoms with Gasteiger partial charge >= 0.3 is 0 Å². The number of nitriles is 1. The van der Waals surface area contributed by atoms with Crippen LogP contribution in [0.1, 0.15) is 18.9 Å². The zero-order valence-electron chi connectivity index (χ0n) is 8.86. The average molecular weight is 222 g/mol. The maximum absolute atomic E-state index is 12.0. The molecule has 0 heterocycles. The van der Waals surface area contributed by atoms with Gasteiger partial charge in [0.05, 0.1) is 16.9 Å². The molecular formula is C11H14N2OS. The van der Waals surface area contributed by atoms with Gasteiger partial charge in [0.15, 0.2) is 0 Å². The van der Waals surface area contributed by atoms with Crippen LogP contribution in [0.3, 0.4) is 0 Å². The number of nitrogen functional groups attached to an aromatic ring is 1. The van der Waals surface area contributed by atoms with Gasteiger partial charge in [0.1, 0.15) is 5.25 Å². The lowest BCUT2D eigenvalue weighted by molar-refractivity contribution is 0.675. The first-order valence-corrected chi connectivity index (χ1v) is 5.97. The molecule has 0 spiro atoms. The second kappa shape index (κ2) is 4.94. The van der Waals surface area contributed by atoms with Crippen molar-refractivity contribution in [1.29, 1.82) is 5.26 Å². The summed E-state index contributed by atoms with van der Waals surface area (Å²) < 4.78 is 12.0. The highest BCUT2D eigenvalue weighted by Gasteiger charge is 2.17. The molecule has 0 aromatic heterocycles. The van der Waals surface area contributed by atoms with E-state index >= 15 is 0 Å². The molecule has 0 aliphatic heterocycles. The molecule has 0 amide bonds. The molecule has 0 aliphatic rings. The Morgan fingerprint density at radius 2 is 2.27 bits per heavy atom. The van der Waals surface area contributed by atoms with Crippen molar-refractivity contribution < 1.29 is 4.21 Å². The van der Waals surface area contributed by atoms with Gasteiger partial charge in [0.25, 0.3) is 0 Å². The van der Waals surface area contributed by atoms with E-state index in [0.717, 1.165) is 5.56 Å². The number of hydrogen-bond donors (Lipinski definition) is 1. The molecule has 3 nitrogen and oxygen atoms in total. The third-order valence-electron chi connectivity index (χ3n) is 2.19. The van der Waals surface area contributed by atoms with Gasteiger partial charge in [-0.1, -0.05) is 6.92 Å². The monoisotopic (exact) mass is 222 g/mol. The fraction of sp³-hybridized carbons (Fsp3) is 0.364. The number of rotatable bonds is 3. The number of anilines is 1. The van der Waals surface area contributed by atoms with Gasteiger partial charge in [-0.3, -0.25) is 4.21 Å². The number of nitrogens with zero attached hydrogens (tertiary/aromatic N) is 1. The standard InChI is InChI=1S/C11H14N2OS/c1-3-10(7-12)15(14)11-5-4-9(13)6-8(11)2/h4-6,10H,3,13H2,1-2H3. The Kier molecular flexibility index (Phi) is 3.87. The predicted molar refractivity (Wildman–Crippen MR) is 61.7 cm³/mol. The van der Waals surface area contributed by atoms with Crippen molar-refractivity contribution in [3.05, 3.63) is 23.8 Å². The van der Waals surface area contributed by atoms with Crippen molar-refractivity contribution >= 4 is 16.5 Å². The molecule has 15 heavy (non-hydrogen) atoms. The predicted octanol–water partition coefficient (Wildman–Crippen LogP) is 1.99. The summed E-state index contributed by atoms with van der Waals surface area (Å²) >= 11 is 0. The first kappa shape index (κ1) is 11.7. The summed E-state index contributed by atoms with van der Waals surface area (Å²) in [5.74, 6) is 0. The van der Waals surface area contributed by atoms with E-state index < -0.39 is 16.0 Å². The smallest absolute Gasteiger partial charge is 0.126 e. The molecule has 4 heteroatoms. The Labute approximate surface area is 92.4 Å². The van der Waals surface area contributed by atoms with E-state index in [0.29, 0.717) is 17.0 Å². The molecule has 0 bridgehead atoms. The Morgan fingerprint density at radius 1 is 1.60 bits per heavy atom. The van der Waals surface area contributed by atoms with Gasteiger partial charge in [-0.15, -0.1) is 0 Å². The fourth-order valence-corrected chi connectivity index (χ4v) is 2.63. The van der Waals surface area contributed by atoms with Gasteiger partial charge in [-0.05, 0) is 37.1 Å². The highest BCUT2D eigenvalue weighted by Crippen LogP contribution is 2.19. The lowest BCUT2D eigenvalue weighted by Gasteiger charge is -2.09. The normalized spacial score (nSPS) is 14.2. The Morgan fingerprint density at radius 3 is 2.73 bits per heavy atom. The van der Waals surface area contributed by atoms with Crippen molar-refractivity contribution in [1.82, 2.24) is 0 Å². The van der Waals surface area contributed by atoms with Crippen molar-refractivity contribution in [2.24, 2.45) is 0 Å². The summed E-state index contributed by atoms with van der Waals surface area (Å²) in [6.07, 6.45) is 0.590. The molecule has 2 atom stereocenters. The molecule has 1 aromatic carbocycles. The summed E-state index contributed by atoms with van der Waals surface area (Å²) in [4.78, 5) is 0.706. The molecule has 0 saturated heterocycles. The van der Waals surface area contributed by atoms with Crippen LogP contribution >= 0.6 is 0 Å². The average Bonchev–Trinajstić information content (AvgIpc) is 2.19. The van der Waals surface area contributed by atoms with Crippen LogP contribution in [-0.4, -0.2) is 9.46 Å². The molecule has 0 aliphatic carbocycles. The Bertz CT molecular complexity index is 423. The van der Waals surface area contributed by atoms with Crippen molar-refractivity contribution in [2.75, 3.05) is 5.73 Å². The van der Waals surface area contributed by atoms with Gasteiger partial charge in [-0.25, -0.2) is 0 Å². The number of nitrogens with two attached hydrogens (primary N) is 1. The first-order chi connectivity index (χ1) is 7.10. The van der Waals surface area contributed by atoms with Crippen LogP contribution in [0.15, 0.2) is 23.1 Å². The lowest BCUT2D eigenvalue weighted by Crippen LogP contribution is -2.12. The quantitative estimate of drug-likeness (QED) is 0.795. The number of aryl methyl sites for hydroxylation is 1. The third-order valence-corrected chi connectivity index (χ3v) is 4.04. The Balaban J connectivity index is 3.07. The van der Waals surface area contributed by atoms with Crippen LogP contribution in [0.25, 0.3) is 0 Å². The molecule has 1 aromatic rings. The summed E-state index contributed by atoms with van der Waals surface area (Å²) in [5.41, 5.74) is 7.13. The van der Waals surface area contributed by atoms with Gasteiger partial charge in [0, 0.05) is 10.6 Å². The van der Waals surface area contributed by atoms with Crippen LogP contribution < -0.4 is 5.73 Å². The van der Waals surface area contributed by atoms with Gasteiger partial charge < -0.3 is 5.73 Å². The van der Waals surface area contributed by atoms with Crippen LogP contribution in [0.5, 0.6) is 0 Å². The minimum absolute atomic E-state index is 0.438. The summed E-state index contributed by atoms with van der Waals surface area (Å²) in [6, 6.07) is 7.29. The lowest BCUT2D eigenvalue weighted by atomic mass is 10.2. The molecule has 0 saturated carbocycles. The van der Waals surface area contributed by atoms with Crippen molar-refractivity contribution in [3.8, 4) is 6.07 Å². The molecule has 80 valence electrons. The van der Waals surface area contributed by atoms with Gasteiger partial charge in [0.2, 0.25) is 0 Å². The summed E-state index contributed by atoms with van der Waals surface area (Å²) in [5, 5.41) is 8.40. The van der Waals surface area contributed by atoms with Crippen molar-refractivity contribution in [3.63, 3.8) is 0 Å². The second-order valence-electron chi connectivity index (χ2n) is 3.35. The van der Waals surface area contributed by atoms with Crippen LogP contribution in [0.4, 0.5) is 5.69 Å². The Hall–Kier alpha value is -1.34. The summed E-state index contributed by atoms with van der Waals surface area (Å²) in [6.45, 7) is 3.71.